The number of hydrogen-bond acceptors (Lipinski definition) is 5. The van der Waals surface area contributed by atoms with Crippen LogP contribution in [0.15, 0.2) is 53.4 Å². The van der Waals surface area contributed by atoms with Crippen molar-refractivity contribution in [1.82, 2.24) is 4.90 Å². The van der Waals surface area contributed by atoms with Gasteiger partial charge >= 0.3 is 6.18 Å². The second-order valence-electron chi connectivity index (χ2n) is 7.16. The molecule has 3 rings (SSSR count). The van der Waals surface area contributed by atoms with E-state index in [2.05, 4.69) is 24.1 Å². The quantitative estimate of drug-likeness (QED) is 0.554. The molecule has 1 aliphatic heterocycles. The van der Waals surface area contributed by atoms with Gasteiger partial charge in [-0.3, -0.25) is 19.3 Å². The Kier molecular flexibility index (Phi) is 7.47. The van der Waals surface area contributed by atoms with Gasteiger partial charge in [-0.2, -0.15) is 13.2 Å². The van der Waals surface area contributed by atoms with Gasteiger partial charge in [-0.05, 0) is 67.6 Å². The highest BCUT2D eigenvalue weighted by molar-refractivity contribution is 8.18. The fraction of sp³-hybridized carbons (Fsp3) is 0.261. The maximum atomic E-state index is 12.8. The molecule has 1 heterocycles. The molecule has 0 atom stereocenters. The van der Waals surface area contributed by atoms with Gasteiger partial charge in [0.1, 0.15) is 6.54 Å². The molecule has 0 aromatic heterocycles. The van der Waals surface area contributed by atoms with E-state index in [9.17, 15) is 27.6 Å². The van der Waals surface area contributed by atoms with Crippen molar-refractivity contribution in [2.45, 2.75) is 20.0 Å². The number of halogens is 3. The van der Waals surface area contributed by atoms with E-state index in [1.165, 1.54) is 6.07 Å². The highest BCUT2D eigenvalue weighted by Gasteiger charge is 2.36. The molecule has 1 saturated heterocycles. The van der Waals surface area contributed by atoms with Crippen molar-refractivity contribution in [2.75, 3.05) is 29.9 Å². The smallest absolute Gasteiger partial charge is 0.372 e. The summed E-state index contributed by atoms with van der Waals surface area (Å²) in [5.74, 6) is -1.40. The van der Waals surface area contributed by atoms with E-state index in [0.29, 0.717) is 11.8 Å². The molecule has 2 aromatic rings. The van der Waals surface area contributed by atoms with Gasteiger partial charge in [0.2, 0.25) is 5.91 Å². The second kappa shape index (κ2) is 10.1. The predicted molar refractivity (Wildman–Crippen MR) is 123 cm³/mol. The van der Waals surface area contributed by atoms with Crippen LogP contribution in [0.3, 0.4) is 0 Å². The molecule has 174 valence electrons. The largest absolute Gasteiger partial charge is 0.416 e. The maximum Gasteiger partial charge on any atom is 0.416 e. The molecule has 0 unspecified atom stereocenters. The highest BCUT2D eigenvalue weighted by atomic mass is 32.2. The number of imide groups is 1. The highest BCUT2D eigenvalue weighted by Crippen LogP contribution is 2.33. The molecule has 1 aliphatic rings. The van der Waals surface area contributed by atoms with Crippen molar-refractivity contribution in [1.29, 1.82) is 0 Å². The summed E-state index contributed by atoms with van der Waals surface area (Å²) in [5.41, 5.74) is 0.772. The van der Waals surface area contributed by atoms with Gasteiger partial charge in [0.05, 0.1) is 10.5 Å². The van der Waals surface area contributed by atoms with Crippen molar-refractivity contribution < 1.29 is 27.6 Å². The number of rotatable bonds is 7. The number of nitrogens with zero attached hydrogens (tertiary/aromatic N) is 2. The Bertz CT molecular complexity index is 1080. The molecular formula is C23H22F3N3O3S. The Morgan fingerprint density at radius 3 is 2.36 bits per heavy atom. The minimum atomic E-state index is -4.55. The number of nitrogens with one attached hydrogen (secondary N) is 1. The summed E-state index contributed by atoms with van der Waals surface area (Å²) in [6, 6.07) is 11.6. The van der Waals surface area contributed by atoms with E-state index in [1.807, 2.05) is 24.3 Å². The van der Waals surface area contributed by atoms with E-state index in [-0.39, 0.29) is 10.6 Å². The zero-order chi connectivity index (χ0) is 24.2. The monoisotopic (exact) mass is 477 g/mol. The number of benzene rings is 2. The first-order valence-corrected chi connectivity index (χ1v) is 11.0. The van der Waals surface area contributed by atoms with Gasteiger partial charge in [0.15, 0.2) is 0 Å². The average molecular weight is 478 g/mol. The summed E-state index contributed by atoms with van der Waals surface area (Å²) in [5, 5.41) is 1.68. The first-order chi connectivity index (χ1) is 15.6. The third kappa shape index (κ3) is 5.95. The number of carbonyl (C=O) groups excluding carboxylic acids is 3. The van der Waals surface area contributed by atoms with E-state index in [0.717, 1.165) is 47.4 Å². The number of anilines is 2. The standard InChI is InChI=1S/C23H22F3N3O3S/c1-3-28(4-2)18-10-8-15(9-11-18)12-19-21(31)29(22(32)33-19)14-20(30)27-17-7-5-6-16(13-17)23(24,25)26/h5-13H,3-4,14H2,1-2H3,(H,27,30)/b19-12-. The molecule has 1 fully saturated rings. The van der Waals surface area contributed by atoms with E-state index in [1.54, 1.807) is 6.08 Å². The SMILES string of the molecule is CCN(CC)c1ccc(/C=C2\SC(=O)N(CC(=O)Nc3cccc(C(F)(F)F)c3)C2=O)cc1. The summed E-state index contributed by atoms with van der Waals surface area (Å²) >= 11 is 0.710. The number of thioether (sulfide) groups is 1. The number of alkyl halides is 3. The Labute approximate surface area is 193 Å². The summed E-state index contributed by atoms with van der Waals surface area (Å²) in [7, 11) is 0. The minimum absolute atomic E-state index is 0.0781. The molecule has 6 nitrogen and oxygen atoms in total. The number of carbonyl (C=O) groups is 3. The van der Waals surface area contributed by atoms with E-state index < -0.39 is 35.3 Å². The van der Waals surface area contributed by atoms with Crippen LogP contribution >= 0.6 is 11.8 Å². The van der Waals surface area contributed by atoms with Crippen LogP contribution in [0, 0.1) is 0 Å². The van der Waals surface area contributed by atoms with Crippen molar-refractivity contribution in [3.63, 3.8) is 0 Å². The lowest BCUT2D eigenvalue weighted by Crippen LogP contribution is -2.36. The van der Waals surface area contributed by atoms with Crippen molar-refractivity contribution in [3.8, 4) is 0 Å². The van der Waals surface area contributed by atoms with Crippen LogP contribution in [0.1, 0.15) is 25.0 Å². The fourth-order valence-corrected chi connectivity index (χ4v) is 4.11. The molecule has 33 heavy (non-hydrogen) atoms. The normalized spacial score (nSPS) is 15.3. The number of amides is 3. The topological polar surface area (TPSA) is 69.7 Å². The zero-order valence-electron chi connectivity index (χ0n) is 18.0. The lowest BCUT2D eigenvalue weighted by atomic mass is 10.1. The zero-order valence-corrected chi connectivity index (χ0v) is 18.8. The molecule has 10 heteroatoms. The van der Waals surface area contributed by atoms with E-state index in [4.69, 9.17) is 0 Å². The van der Waals surface area contributed by atoms with Crippen LogP contribution in [0.5, 0.6) is 0 Å². The molecule has 3 amide bonds. The van der Waals surface area contributed by atoms with Crippen molar-refractivity contribution in [3.05, 3.63) is 64.6 Å². The summed E-state index contributed by atoms with van der Waals surface area (Å²) in [4.78, 5) is 40.3. The van der Waals surface area contributed by atoms with Gasteiger partial charge in [-0.1, -0.05) is 18.2 Å². The minimum Gasteiger partial charge on any atom is -0.372 e. The third-order valence-corrected chi connectivity index (χ3v) is 5.88. The summed E-state index contributed by atoms with van der Waals surface area (Å²) in [6.45, 7) is 5.22. The van der Waals surface area contributed by atoms with Crippen LogP contribution < -0.4 is 10.2 Å². The lowest BCUT2D eigenvalue weighted by molar-refractivity contribution is -0.137. The van der Waals surface area contributed by atoms with Gasteiger partial charge in [0, 0.05) is 24.5 Å². The predicted octanol–water partition coefficient (Wildman–Crippen LogP) is 5.23. The van der Waals surface area contributed by atoms with Gasteiger partial charge < -0.3 is 10.2 Å². The Balaban J connectivity index is 1.67. The fourth-order valence-electron chi connectivity index (χ4n) is 3.28. The molecule has 0 radical (unpaired) electrons. The van der Waals surface area contributed by atoms with Crippen LogP contribution in [0.2, 0.25) is 0 Å². The molecular weight excluding hydrogens is 455 g/mol. The van der Waals surface area contributed by atoms with Crippen LogP contribution in [0.25, 0.3) is 6.08 Å². The van der Waals surface area contributed by atoms with Crippen LogP contribution in [-0.4, -0.2) is 41.6 Å². The Morgan fingerprint density at radius 1 is 1.09 bits per heavy atom. The average Bonchev–Trinajstić information content (AvgIpc) is 3.02. The van der Waals surface area contributed by atoms with Gasteiger partial charge in [0.25, 0.3) is 11.1 Å². The van der Waals surface area contributed by atoms with Crippen LogP contribution in [-0.2, 0) is 15.8 Å². The Morgan fingerprint density at radius 2 is 1.76 bits per heavy atom. The van der Waals surface area contributed by atoms with Crippen LogP contribution in [0.4, 0.5) is 29.3 Å². The second-order valence-corrected chi connectivity index (χ2v) is 8.15. The lowest BCUT2D eigenvalue weighted by Gasteiger charge is -2.20. The summed E-state index contributed by atoms with van der Waals surface area (Å²) in [6.07, 6.45) is -2.98. The van der Waals surface area contributed by atoms with Crippen molar-refractivity contribution >= 4 is 46.3 Å². The molecule has 0 aliphatic carbocycles. The molecule has 0 spiro atoms. The first kappa shape index (κ1) is 24.4. The number of hydrogen-bond donors (Lipinski definition) is 1. The molecule has 1 N–H and O–H groups in total. The summed E-state index contributed by atoms with van der Waals surface area (Å²) < 4.78 is 38.5. The van der Waals surface area contributed by atoms with Crippen molar-refractivity contribution in [2.24, 2.45) is 0 Å². The maximum absolute atomic E-state index is 12.8. The molecule has 0 bridgehead atoms. The third-order valence-electron chi connectivity index (χ3n) is 4.97. The molecule has 0 saturated carbocycles. The first-order valence-electron chi connectivity index (χ1n) is 10.2. The molecule has 2 aromatic carbocycles. The van der Waals surface area contributed by atoms with Gasteiger partial charge in [-0.25, -0.2) is 0 Å². The van der Waals surface area contributed by atoms with E-state index >= 15 is 0 Å². The Hall–Kier alpha value is -3.27. The van der Waals surface area contributed by atoms with Gasteiger partial charge in [-0.15, -0.1) is 0 Å².